The van der Waals surface area contributed by atoms with Crippen molar-refractivity contribution >= 4 is 22.7 Å². The Kier molecular flexibility index (Phi) is 5.07. The van der Waals surface area contributed by atoms with Crippen LogP contribution in [-0.4, -0.2) is 11.9 Å². The molecule has 2 aromatic carbocycles. The molecule has 5 nitrogen and oxygen atoms in total. The fourth-order valence-electron chi connectivity index (χ4n) is 1.87. The molecular formula is C20H24O5. The molecule has 0 saturated heterocycles. The minimum absolute atomic E-state index is 0.328. The summed E-state index contributed by atoms with van der Waals surface area (Å²) in [7, 11) is 0. The van der Waals surface area contributed by atoms with Crippen LogP contribution in [0.25, 0.3) is 10.8 Å². The van der Waals surface area contributed by atoms with Crippen LogP contribution in [0.15, 0.2) is 36.4 Å². The zero-order valence-corrected chi connectivity index (χ0v) is 15.5. The Morgan fingerprint density at radius 1 is 0.720 bits per heavy atom. The summed E-state index contributed by atoms with van der Waals surface area (Å²) < 4.78 is 5.52. The Bertz CT molecular complexity index is 794. The second-order valence-electron chi connectivity index (χ2n) is 7.95. The van der Waals surface area contributed by atoms with Gasteiger partial charge in [0.2, 0.25) is 0 Å². The Morgan fingerprint density at radius 2 is 1.20 bits per heavy atom. The molecule has 0 spiro atoms. The van der Waals surface area contributed by atoms with Gasteiger partial charge in [0.1, 0.15) is 5.75 Å². The fourth-order valence-corrected chi connectivity index (χ4v) is 1.87. The van der Waals surface area contributed by atoms with Crippen LogP contribution < -0.4 is 9.62 Å². The van der Waals surface area contributed by atoms with Crippen molar-refractivity contribution < 1.29 is 24.1 Å². The molecule has 2 aromatic rings. The lowest BCUT2D eigenvalue weighted by atomic mass is 9.97. The largest absolute Gasteiger partial charge is 0.425 e. The summed E-state index contributed by atoms with van der Waals surface area (Å²) in [4.78, 5) is 34.2. The lowest BCUT2D eigenvalue weighted by Gasteiger charge is -2.18. The van der Waals surface area contributed by atoms with Crippen LogP contribution in [0.5, 0.6) is 11.5 Å². The summed E-state index contributed by atoms with van der Waals surface area (Å²) in [5.74, 6) is 0.0130. The molecule has 0 heterocycles. The predicted octanol–water partition coefficient (Wildman–Crippen LogP) is 4.67. The molecule has 0 aliphatic rings. The van der Waals surface area contributed by atoms with E-state index >= 15 is 0 Å². The molecule has 25 heavy (non-hydrogen) atoms. The smallest absolute Gasteiger partial charge is 0.360 e. The third-order valence-electron chi connectivity index (χ3n) is 3.48. The molecule has 0 aliphatic heterocycles. The number of rotatable bonds is 3. The standard InChI is InChI=1S/C20H24O5/c1-19(2,3)17(21)23-15-11-7-10-14-13(15)9-8-12-16(14)24-25-18(22)20(4,5)6/h7-12H,1-6H3. The highest BCUT2D eigenvalue weighted by Crippen LogP contribution is 2.33. The van der Waals surface area contributed by atoms with Gasteiger partial charge in [0.15, 0.2) is 5.75 Å². The van der Waals surface area contributed by atoms with Crippen LogP contribution in [0.1, 0.15) is 41.5 Å². The van der Waals surface area contributed by atoms with Crippen molar-refractivity contribution in [2.75, 3.05) is 0 Å². The van der Waals surface area contributed by atoms with Crippen molar-refractivity contribution in [1.82, 2.24) is 0 Å². The minimum Gasteiger partial charge on any atom is -0.425 e. The molecule has 0 fully saturated rings. The number of ether oxygens (including phenoxy) is 1. The van der Waals surface area contributed by atoms with Crippen molar-refractivity contribution in [2.24, 2.45) is 10.8 Å². The molecule has 0 bridgehead atoms. The van der Waals surface area contributed by atoms with Crippen LogP contribution in [0.2, 0.25) is 0 Å². The highest BCUT2D eigenvalue weighted by atomic mass is 17.2. The quantitative estimate of drug-likeness (QED) is 0.350. The van der Waals surface area contributed by atoms with E-state index in [1.807, 2.05) is 12.1 Å². The van der Waals surface area contributed by atoms with E-state index in [9.17, 15) is 9.59 Å². The van der Waals surface area contributed by atoms with E-state index in [0.717, 1.165) is 0 Å². The SMILES string of the molecule is CC(C)(C)C(=O)OOc1cccc2c(OC(=O)C(C)(C)C)cccc12. The maximum atomic E-state index is 12.2. The molecule has 0 radical (unpaired) electrons. The molecule has 0 N–H and O–H groups in total. The fraction of sp³-hybridized carbons (Fsp3) is 0.400. The van der Waals surface area contributed by atoms with Crippen LogP contribution >= 0.6 is 0 Å². The van der Waals surface area contributed by atoms with Gasteiger partial charge in [0.25, 0.3) is 0 Å². The van der Waals surface area contributed by atoms with Gasteiger partial charge in [-0.1, -0.05) is 24.3 Å². The topological polar surface area (TPSA) is 61.8 Å². The van der Waals surface area contributed by atoms with Gasteiger partial charge >= 0.3 is 11.9 Å². The number of carbonyl (C=O) groups excluding carboxylic acids is 2. The normalized spacial score (nSPS) is 11.9. The summed E-state index contributed by atoms with van der Waals surface area (Å²) in [6.07, 6.45) is 0. The molecular weight excluding hydrogens is 320 g/mol. The van der Waals surface area contributed by atoms with Crippen LogP contribution in [0.3, 0.4) is 0 Å². The maximum Gasteiger partial charge on any atom is 0.360 e. The molecule has 0 unspecified atom stereocenters. The van der Waals surface area contributed by atoms with Gasteiger partial charge in [-0.15, -0.1) is 0 Å². The van der Waals surface area contributed by atoms with E-state index in [4.69, 9.17) is 14.5 Å². The number of carbonyl (C=O) groups is 2. The van der Waals surface area contributed by atoms with E-state index in [2.05, 4.69) is 0 Å². The van der Waals surface area contributed by atoms with Crippen LogP contribution in [-0.2, 0) is 14.5 Å². The average molecular weight is 344 g/mol. The van der Waals surface area contributed by atoms with E-state index in [0.29, 0.717) is 22.3 Å². The second kappa shape index (κ2) is 6.75. The molecule has 0 saturated carbocycles. The number of fused-ring (bicyclic) bond motifs is 1. The Labute approximate surface area is 147 Å². The van der Waals surface area contributed by atoms with Crippen molar-refractivity contribution in [3.8, 4) is 11.5 Å². The Balaban J connectivity index is 2.32. The molecule has 5 heteroatoms. The zero-order chi connectivity index (χ0) is 18.8. The summed E-state index contributed by atoms with van der Waals surface area (Å²) in [6.45, 7) is 10.6. The average Bonchev–Trinajstić information content (AvgIpc) is 2.51. The molecule has 0 amide bonds. The summed E-state index contributed by atoms with van der Waals surface area (Å²) in [5, 5.41) is 1.38. The Hall–Kier alpha value is -2.56. The molecule has 0 aliphatic carbocycles. The molecule has 2 rings (SSSR count). The van der Waals surface area contributed by atoms with Crippen molar-refractivity contribution in [1.29, 1.82) is 0 Å². The molecule has 134 valence electrons. The van der Waals surface area contributed by atoms with Gasteiger partial charge in [-0.25, -0.2) is 9.68 Å². The summed E-state index contributed by atoms with van der Waals surface area (Å²) >= 11 is 0. The van der Waals surface area contributed by atoms with Gasteiger partial charge in [0.05, 0.1) is 10.8 Å². The zero-order valence-electron chi connectivity index (χ0n) is 15.5. The maximum absolute atomic E-state index is 12.2. The van der Waals surface area contributed by atoms with Crippen molar-refractivity contribution in [3.05, 3.63) is 36.4 Å². The third-order valence-corrected chi connectivity index (χ3v) is 3.48. The lowest BCUT2D eigenvalue weighted by molar-refractivity contribution is -0.222. The predicted molar refractivity (Wildman–Crippen MR) is 95.2 cm³/mol. The van der Waals surface area contributed by atoms with E-state index < -0.39 is 16.8 Å². The highest BCUT2D eigenvalue weighted by Gasteiger charge is 2.26. The van der Waals surface area contributed by atoms with Gasteiger partial charge < -0.3 is 4.74 Å². The van der Waals surface area contributed by atoms with Crippen molar-refractivity contribution in [3.63, 3.8) is 0 Å². The summed E-state index contributed by atoms with van der Waals surface area (Å²) in [6, 6.07) is 10.5. The van der Waals surface area contributed by atoms with E-state index in [1.165, 1.54) is 0 Å². The van der Waals surface area contributed by atoms with E-state index in [-0.39, 0.29) is 5.97 Å². The van der Waals surface area contributed by atoms with Crippen LogP contribution in [0, 0.1) is 10.8 Å². The molecule has 0 atom stereocenters. The second-order valence-corrected chi connectivity index (χ2v) is 7.95. The first kappa shape index (κ1) is 18.8. The number of hydrogen-bond donors (Lipinski definition) is 0. The van der Waals surface area contributed by atoms with Gasteiger partial charge in [-0.3, -0.25) is 9.68 Å². The molecule has 0 aromatic heterocycles. The van der Waals surface area contributed by atoms with E-state index in [1.54, 1.807) is 65.8 Å². The first-order valence-electron chi connectivity index (χ1n) is 8.13. The summed E-state index contributed by atoms with van der Waals surface area (Å²) in [5.41, 5.74) is -1.28. The van der Waals surface area contributed by atoms with Crippen LogP contribution in [0.4, 0.5) is 0 Å². The third kappa shape index (κ3) is 4.50. The number of esters is 1. The monoisotopic (exact) mass is 344 g/mol. The lowest BCUT2D eigenvalue weighted by Crippen LogP contribution is -2.25. The first-order chi connectivity index (χ1) is 11.5. The number of hydrogen-bond acceptors (Lipinski definition) is 5. The number of benzene rings is 2. The highest BCUT2D eigenvalue weighted by molar-refractivity contribution is 5.95. The minimum atomic E-state index is -0.669. The van der Waals surface area contributed by atoms with Gasteiger partial charge in [-0.05, 0) is 53.7 Å². The van der Waals surface area contributed by atoms with Crippen molar-refractivity contribution in [2.45, 2.75) is 41.5 Å². The first-order valence-corrected chi connectivity index (χ1v) is 8.13. The van der Waals surface area contributed by atoms with Gasteiger partial charge in [0, 0.05) is 10.8 Å². The van der Waals surface area contributed by atoms with Gasteiger partial charge in [-0.2, -0.15) is 0 Å². The Morgan fingerprint density at radius 3 is 1.72 bits per heavy atom.